The molecule has 3 aliphatic rings. The highest BCUT2D eigenvalue weighted by Crippen LogP contribution is 2.55. The maximum atomic E-state index is 13.3. The van der Waals surface area contributed by atoms with Crippen LogP contribution in [0.5, 0.6) is 0 Å². The minimum atomic E-state index is -0.538. The molecule has 0 spiro atoms. The maximum Gasteiger partial charge on any atom is 0.225 e. The van der Waals surface area contributed by atoms with E-state index in [1.54, 1.807) is 17.3 Å². The number of amides is 2. The number of hydrogen-bond acceptors (Lipinski definition) is 4. The molecule has 2 N–H and O–H groups in total. The Morgan fingerprint density at radius 2 is 1.91 bits per heavy atom. The number of aliphatic hydroxyl groups excluding tert-OH is 1. The second kappa shape index (κ2) is 11.0. The van der Waals surface area contributed by atoms with E-state index in [1.807, 2.05) is 26.1 Å². The molecule has 194 valence electrons. The van der Waals surface area contributed by atoms with Crippen LogP contribution >= 0.6 is 0 Å². The lowest BCUT2D eigenvalue weighted by Gasteiger charge is -2.56. The van der Waals surface area contributed by atoms with E-state index in [1.165, 1.54) is 6.42 Å². The van der Waals surface area contributed by atoms with Crippen molar-refractivity contribution in [3.8, 4) is 0 Å². The van der Waals surface area contributed by atoms with E-state index in [0.29, 0.717) is 6.54 Å². The van der Waals surface area contributed by atoms with E-state index < -0.39 is 6.10 Å². The first-order valence-corrected chi connectivity index (χ1v) is 13.8. The van der Waals surface area contributed by atoms with Gasteiger partial charge in [-0.3, -0.25) is 14.6 Å². The Bertz CT molecular complexity index is 871. The molecule has 1 heterocycles. The minimum Gasteiger partial charge on any atom is -0.392 e. The molecule has 3 fully saturated rings. The van der Waals surface area contributed by atoms with Crippen LogP contribution in [-0.4, -0.2) is 46.0 Å². The van der Waals surface area contributed by atoms with Crippen LogP contribution in [0.1, 0.15) is 84.1 Å². The topological polar surface area (TPSA) is 82.5 Å². The Hall–Kier alpha value is -1.95. The minimum absolute atomic E-state index is 0.0613. The summed E-state index contributed by atoms with van der Waals surface area (Å²) in [7, 11) is 1.84. The molecule has 3 saturated carbocycles. The lowest BCUT2D eigenvalue weighted by Crippen LogP contribution is -2.59. The van der Waals surface area contributed by atoms with Crippen molar-refractivity contribution in [1.82, 2.24) is 15.2 Å². The molecule has 1 aromatic heterocycles. The Morgan fingerprint density at radius 3 is 2.60 bits per heavy atom. The number of carbonyl (C=O) groups is 2. The third kappa shape index (κ3) is 5.58. The number of rotatable bonds is 6. The fraction of sp³-hybridized carbons (Fsp3) is 0.759. The first-order valence-electron chi connectivity index (χ1n) is 13.8. The summed E-state index contributed by atoms with van der Waals surface area (Å²) in [5, 5.41) is 15.1. The molecule has 0 saturated heterocycles. The predicted octanol–water partition coefficient (Wildman–Crippen LogP) is 4.56. The number of nitrogens with one attached hydrogen (secondary N) is 1. The average Bonchev–Trinajstić information content (AvgIpc) is 2.86. The van der Waals surface area contributed by atoms with Gasteiger partial charge in [-0.25, -0.2) is 0 Å². The van der Waals surface area contributed by atoms with Crippen molar-refractivity contribution >= 4 is 11.8 Å². The van der Waals surface area contributed by atoms with E-state index >= 15 is 0 Å². The summed E-state index contributed by atoms with van der Waals surface area (Å²) < 4.78 is 0. The fourth-order valence-corrected chi connectivity index (χ4v) is 7.54. The molecule has 0 bridgehead atoms. The van der Waals surface area contributed by atoms with Gasteiger partial charge in [0.05, 0.1) is 6.10 Å². The van der Waals surface area contributed by atoms with Gasteiger partial charge in [0.15, 0.2) is 0 Å². The smallest absolute Gasteiger partial charge is 0.225 e. The molecule has 3 aliphatic carbocycles. The highest BCUT2D eigenvalue weighted by molar-refractivity contribution is 5.79. The molecule has 4 rings (SSSR count). The molecule has 35 heavy (non-hydrogen) atoms. The molecule has 0 unspecified atom stereocenters. The van der Waals surface area contributed by atoms with Crippen molar-refractivity contribution in [2.45, 2.75) is 97.2 Å². The zero-order valence-electron chi connectivity index (χ0n) is 22.1. The SMILES string of the molecule is C[C@@H]1[C@@H]2[C@@H](O)[C@H]([C@H](C)C(=O)N(C)Cc3cccnc3)CC[C@]2(C)CC[C@@H]1NC(=O)C1CCCCC1. The van der Waals surface area contributed by atoms with Gasteiger partial charge in [-0.15, -0.1) is 0 Å². The normalized spacial score (nSPS) is 34.5. The lowest BCUT2D eigenvalue weighted by molar-refractivity contribution is -0.150. The molecule has 6 nitrogen and oxygen atoms in total. The quantitative estimate of drug-likeness (QED) is 0.621. The molecule has 2 amide bonds. The van der Waals surface area contributed by atoms with Crippen molar-refractivity contribution in [2.75, 3.05) is 7.05 Å². The third-order valence-corrected chi connectivity index (χ3v) is 9.74. The third-order valence-electron chi connectivity index (χ3n) is 9.74. The van der Waals surface area contributed by atoms with Crippen LogP contribution < -0.4 is 5.32 Å². The van der Waals surface area contributed by atoms with Gasteiger partial charge in [0.1, 0.15) is 0 Å². The standard InChI is InChI=1S/C29H45N3O3/c1-19(28(35)32(4)18-21-9-8-16-30-17-21)23-12-14-29(3)15-13-24(20(2)25(29)26(23)33)31-27(34)22-10-6-5-7-11-22/h8-9,16-17,19-20,22-26,33H,5-7,10-15,18H2,1-4H3,(H,31,34)/t19-,20-,23-,24-,25+,26-,29+/m0/s1. The zero-order chi connectivity index (χ0) is 25.2. The van der Waals surface area contributed by atoms with Gasteiger partial charge in [0.25, 0.3) is 0 Å². The molecular weight excluding hydrogens is 438 g/mol. The van der Waals surface area contributed by atoms with Crippen LogP contribution in [0.15, 0.2) is 24.5 Å². The van der Waals surface area contributed by atoms with Crippen molar-refractivity contribution in [3.63, 3.8) is 0 Å². The van der Waals surface area contributed by atoms with Crippen molar-refractivity contribution in [1.29, 1.82) is 0 Å². The van der Waals surface area contributed by atoms with Crippen LogP contribution in [0.25, 0.3) is 0 Å². The van der Waals surface area contributed by atoms with Gasteiger partial charge < -0.3 is 15.3 Å². The van der Waals surface area contributed by atoms with Crippen molar-refractivity contribution < 1.29 is 14.7 Å². The second-order valence-corrected chi connectivity index (χ2v) is 12.1. The molecule has 7 atom stereocenters. The van der Waals surface area contributed by atoms with Gasteiger partial charge in [0.2, 0.25) is 11.8 Å². The van der Waals surface area contributed by atoms with Gasteiger partial charge in [0, 0.05) is 43.9 Å². The van der Waals surface area contributed by atoms with Crippen LogP contribution in [0.3, 0.4) is 0 Å². The number of pyridine rings is 1. The summed E-state index contributed by atoms with van der Waals surface area (Å²) in [4.78, 5) is 32.2. The summed E-state index contributed by atoms with van der Waals surface area (Å²) in [5.41, 5.74) is 1.07. The maximum absolute atomic E-state index is 13.3. The molecule has 1 aromatic rings. The van der Waals surface area contributed by atoms with Crippen molar-refractivity contribution in [3.05, 3.63) is 30.1 Å². The summed E-state index contributed by atoms with van der Waals surface area (Å²) in [6.45, 7) is 7.02. The van der Waals surface area contributed by atoms with Gasteiger partial charge in [-0.2, -0.15) is 0 Å². The predicted molar refractivity (Wildman–Crippen MR) is 137 cm³/mol. The largest absolute Gasteiger partial charge is 0.392 e. The summed E-state index contributed by atoms with van der Waals surface area (Å²) >= 11 is 0. The number of fused-ring (bicyclic) bond motifs is 1. The Balaban J connectivity index is 1.42. The van der Waals surface area contributed by atoms with E-state index in [4.69, 9.17) is 0 Å². The summed E-state index contributed by atoms with van der Waals surface area (Å²) in [5.74, 6) is 0.411. The van der Waals surface area contributed by atoms with E-state index in [0.717, 1.165) is 56.9 Å². The number of carbonyl (C=O) groups excluding carboxylic acids is 2. The van der Waals surface area contributed by atoms with Crippen LogP contribution in [0.2, 0.25) is 0 Å². The van der Waals surface area contributed by atoms with Crippen molar-refractivity contribution in [2.24, 2.45) is 35.0 Å². The number of aromatic nitrogens is 1. The molecule has 0 aromatic carbocycles. The van der Waals surface area contributed by atoms with E-state index in [-0.39, 0.29) is 52.9 Å². The molecule has 0 aliphatic heterocycles. The zero-order valence-corrected chi connectivity index (χ0v) is 22.1. The molecule has 0 radical (unpaired) electrons. The second-order valence-electron chi connectivity index (χ2n) is 12.1. The van der Waals surface area contributed by atoms with E-state index in [9.17, 15) is 14.7 Å². The highest BCUT2D eigenvalue weighted by atomic mass is 16.3. The van der Waals surface area contributed by atoms with Gasteiger partial charge in [-0.1, -0.05) is 46.1 Å². The van der Waals surface area contributed by atoms with Gasteiger partial charge in [-0.05, 0) is 73.3 Å². The van der Waals surface area contributed by atoms with Crippen LogP contribution in [-0.2, 0) is 16.1 Å². The Kier molecular flexibility index (Phi) is 8.19. The Morgan fingerprint density at radius 1 is 1.20 bits per heavy atom. The monoisotopic (exact) mass is 483 g/mol. The fourth-order valence-electron chi connectivity index (χ4n) is 7.54. The molecular formula is C29H45N3O3. The lowest BCUT2D eigenvalue weighted by atomic mass is 9.51. The first-order chi connectivity index (χ1) is 16.7. The number of nitrogens with zero attached hydrogens (tertiary/aromatic N) is 2. The van der Waals surface area contributed by atoms with Crippen LogP contribution in [0.4, 0.5) is 0 Å². The number of aliphatic hydroxyl groups is 1. The highest BCUT2D eigenvalue weighted by Gasteiger charge is 2.54. The molecule has 6 heteroatoms. The Labute approximate surface area is 211 Å². The summed E-state index contributed by atoms with van der Waals surface area (Å²) in [6.07, 6.45) is 12.4. The van der Waals surface area contributed by atoms with E-state index in [2.05, 4.69) is 24.1 Å². The van der Waals surface area contributed by atoms with Crippen LogP contribution in [0, 0.1) is 35.0 Å². The summed E-state index contributed by atoms with van der Waals surface area (Å²) in [6, 6.07) is 3.97. The first kappa shape index (κ1) is 26.1. The average molecular weight is 484 g/mol. The van der Waals surface area contributed by atoms with Gasteiger partial charge >= 0.3 is 0 Å². The number of hydrogen-bond donors (Lipinski definition) is 2.